The minimum absolute atomic E-state index is 0.0326. The minimum Gasteiger partial charge on any atom is -0.452 e. The Morgan fingerprint density at radius 3 is 2.45 bits per heavy atom. The first-order chi connectivity index (χ1) is 13.9. The molecule has 0 bridgehead atoms. The summed E-state index contributed by atoms with van der Waals surface area (Å²) in [6, 6.07) is 8.46. The Morgan fingerprint density at radius 2 is 1.83 bits per heavy atom. The first-order valence-electron chi connectivity index (χ1n) is 9.77. The van der Waals surface area contributed by atoms with Gasteiger partial charge < -0.3 is 10.1 Å². The maximum absolute atomic E-state index is 12.4. The van der Waals surface area contributed by atoms with E-state index in [1.165, 1.54) is 6.92 Å². The molecular formula is C21H23N3O5. The van der Waals surface area contributed by atoms with Crippen molar-refractivity contribution in [2.75, 3.05) is 11.9 Å². The summed E-state index contributed by atoms with van der Waals surface area (Å²) in [5.41, 5.74) is 0.630. The molecule has 1 saturated carbocycles. The Labute approximate surface area is 168 Å². The Kier molecular flexibility index (Phi) is 6.27. The topological polar surface area (TPSA) is 117 Å². The van der Waals surface area contributed by atoms with Gasteiger partial charge in [-0.2, -0.15) is 5.26 Å². The monoisotopic (exact) mass is 397 g/mol. The standard InChI is InChI=1S/C21H23N3O5/c1-13(19(26)23-17-9-5-2-6-14(17)12-22)29-18(25)10-11-24-20(27)15-7-3-4-8-16(15)21(24)28/h2,5-6,9,13,15-16H,3-4,7-8,10-11H2,1H3,(H,23,26)/t13-,15-,16+/m0/s1. The number of esters is 1. The number of para-hydroxylation sites is 1. The van der Waals surface area contributed by atoms with Gasteiger partial charge in [0.1, 0.15) is 6.07 Å². The first kappa shape index (κ1) is 20.5. The van der Waals surface area contributed by atoms with Crippen LogP contribution >= 0.6 is 0 Å². The third-order valence-electron chi connectivity index (χ3n) is 5.45. The van der Waals surface area contributed by atoms with E-state index >= 15 is 0 Å². The van der Waals surface area contributed by atoms with Crippen LogP contribution in [0.5, 0.6) is 0 Å². The molecular weight excluding hydrogens is 374 g/mol. The number of anilines is 1. The molecule has 3 rings (SSSR count). The van der Waals surface area contributed by atoms with Crippen molar-refractivity contribution < 1.29 is 23.9 Å². The molecule has 1 aromatic rings. The van der Waals surface area contributed by atoms with Crippen LogP contribution in [0.4, 0.5) is 5.69 Å². The normalized spacial score (nSPS) is 21.9. The maximum atomic E-state index is 12.4. The van der Waals surface area contributed by atoms with Crippen LogP contribution in [0.15, 0.2) is 24.3 Å². The van der Waals surface area contributed by atoms with Gasteiger partial charge in [-0.25, -0.2) is 0 Å². The largest absolute Gasteiger partial charge is 0.452 e. The van der Waals surface area contributed by atoms with E-state index in [1.54, 1.807) is 24.3 Å². The minimum atomic E-state index is -1.08. The molecule has 1 heterocycles. The quantitative estimate of drug-likeness (QED) is 0.580. The highest BCUT2D eigenvalue weighted by atomic mass is 16.5. The van der Waals surface area contributed by atoms with Gasteiger partial charge in [-0.3, -0.25) is 24.1 Å². The number of nitriles is 1. The zero-order valence-electron chi connectivity index (χ0n) is 16.2. The zero-order valence-corrected chi connectivity index (χ0v) is 16.2. The highest BCUT2D eigenvalue weighted by Crippen LogP contribution is 2.37. The predicted molar refractivity (Wildman–Crippen MR) is 102 cm³/mol. The molecule has 0 radical (unpaired) electrons. The van der Waals surface area contributed by atoms with Crippen molar-refractivity contribution in [1.29, 1.82) is 5.26 Å². The lowest BCUT2D eigenvalue weighted by Crippen LogP contribution is -2.35. The molecule has 0 spiro atoms. The Bertz CT molecular complexity index is 851. The van der Waals surface area contributed by atoms with Crippen molar-refractivity contribution in [3.05, 3.63) is 29.8 Å². The third-order valence-corrected chi connectivity index (χ3v) is 5.45. The Morgan fingerprint density at radius 1 is 1.21 bits per heavy atom. The van der Waals surface area contributed by atoms with Crippen LogP contribution < -0.4 is 5.32 Å². The number of hydrogen-bond donors (Lipinski definition) is 1. The van der Waals surface area contributed by atoms with Crippen LogP contribution in [0, 0.1) is 23.2 Å². The molecule has 1 N–H and O–H groups in total. The van der Waals surface area contributed by atoms with Crippen molar-refractivity contribution in [3.8, 4) is 6.07 Å². The molecule has 2 fully saturated rings. The van der Waals surface area contributed by atoms with Crippen LogP contribution in [0.1, 0.15) is 44.6 Å². The highest BCUT2D eigenvalue weighted by molar-refractivity contribution is 6.05. The van der Waals surface area contributed by atoms with Crippen LogP contribution in [0.3, 0.4) is 0 Å². The molecule has 8 nitrogen and oxygen atoms in total. The Balaban J connectivity index is 1.50. The number of nitrogens with one attached hydrogen (secondary N) is 1. The van der Waals surface area contributed by atoms with E-state index in [4.69, 9.17) is 10.00 Å². The number of nitrogens with zero attached hydrogens (tertiary/aromatic N) is 2. The second-order valence-electron chi connectivity index (χ2n) is 7.35. The van der Waals surface area contributed by atoms with Crippen molar-refractivity contribution in [2.24, 2.45) is 11.8 Å². The second-order valence-corrected chi connectivity index (χ2v) is 7.35. The number of amides is 3. The predicted octanol–water partition coefficient (Wildman–Crippen LogP) is 1.99. The summed E-state index contributed by atoms with van der Waals surface area (Å²) in [5.74, 6) is -2.15. The van der Waals surface area contributed by atoms with E-state index in [9.17, 15) is 19.2 Å². The summed E-state index contributed by atoms with van der Waals surface area (Å²) in [4.78, 5) is 50.4. The molecule has 3 atom stereocenters. The van der Waals surface area contributed by atoms with Gasteiger partial charge in [-0.1, -0.05) is 25.0 Å². The van der Waals surface area contributed by atoms with E-state index in [-0.39, 0.29) is 36.6 Å². The zero-order chi connectivity index (χ0) is 21.0. The van der Waals surface area contributed by atoms with E-state index in [1.807, 2.05) is 6.07 Å². The summed E-state index contributed by atoms with van der Waals surface area (Å²) >= 11 is 0. The molecule has 1 aliphatic carbocycles. The summed E-state index contributed by atoms with van der Waals surface area (Å²) in [6.07, 6.45) is 2.08. The number of fused-ring (bicyclic) bond motifs is 1. The smallest absolute Gasteiger partial charge is 0.308 e. The van der Waals surface area contributed by atoms with Gasteiger partial charge in [-0.05, 0) is 31.9 Å². The number of rotatable bonds is 6. The average Bonchev–Trinajstić information content (AvgIpc) is 2.97. The molecule has 29 heavy (non-hydrogen) atoms. The SMILES string of the molecule is C[C@H](OC(=O)CCN1C(=O)[C@H]2CCCC[C@H]2C1=O)C(=O)Nc1ccccc1C#N. The number of hydrogen-bond acceptors (Lipinski definition) is 6. The van der Waals surface area contributed by atoms with E-state index in [0.29, 0.717) is 11.3 Å². The lowest BCUT2D eigenvalue weighted by Gasteiger charge is -2.19. The van der Waals surface area contributed by atoms with Crippen molar-refractivity contribution >= 4 is 29.4 Å². The summed E-state index contributed by atoms with van der Waals surface area (Å²) in [7, 11) is 0. The van der Waals surface area contributed by atoms with E-state index in [2.05, 4.69) is 5.32 Å². The lowest BCUT2D eigenvalue weighted by molar-refractivity contribution is -0.154. The fraction of sp³-hybridized carbons (Fsp3) is 0.476. The molecule has 2 aliphatic rings. The molecule has 0 unspecified atom stereocenters. The molecule has 0 aromatic heterocycles. The molecule has 3 amide bonds. The van der Waals surface area contributed by atoms with Gasteiger partial charge >= 0.3 is 5.97 Å². The Hall–Kier alpha value is -3.21. The number of carbonyl (C=O) groups excluding carboxylic acids is 4. The van der Waals surface area contributed by atoms with Crippen molar-refractivity contribution in [3.63, 3.8) is 0 Å². The number of ether oxygens (including phenoxy) is 1. The average molecular weight is 397 g/mol. The van der Waals surface area contributed by atoms with Crippen molar-refractivity contribution in [2.45, 2.75) is 45.1 Å². The molecule has 1 saturated heterocycles. The number of imide groups is 1. The third kappa shape index (κ3) is 4.45. The number of likely N-dealkylation sites (tertiary alicyclic amines) is 1. The fourth-order valence-corrected chi connectivity index (χ4v) is 3.89. The van der Waals surface area contributed by atoms with Gasteiger partial charge in [0.15, 0.2) is 6.10 Å². The molecule has 8 heteroatoms. The van der Waals surface area contributed by atoms with E-state index in [0.717, 1.165) is 30.6 Å². The van der Waals surface area contributed by atoms with Crippen LogP contribution in [0.2, 0.25) is 0 Å². The molecule has 152 valence electrons. The lowest BCUT2D eigenvalue weighted by atomic mass is 9.81. The fourth-order valence-electron chi connectivity index (χ4n) is 3.89. The first-order valence-corrected chi connectivity index (χ1v) is 9.77. The second kappa shape index (κ2) is 8.86. The summed E-state index contributed by atoms with van der Waals surface area (Å²) < 4.78 is 5.12. The van der Waals surface area contributed by atoms with Crippen LogP contribution in [-0.2, 0) is 23.9 Å². The summed E-state index contributed by atoms with van der Waals surface area (Å²) in [5, 5.41) is 11.6. The van der Waals surface area contributed by atoms with Gasteiger partial charge in [0.05, 0.1) is 29.5 Å². The number of carbonyl (C=O) groups is 4. The van der Waals surface area contributed by atoms with E-state index < -0.39 is 18.0 Å². The molecule has 1 aliphatic heterocycles. The van der Waals surface area contributed by atoms with Gasteiger partial charge in [0, 0.05) is 6.54 Å². The van der Waals surface area contributed by atoms with Gasteiger partial charge in [-0.15, -0.1) is 0 Å². The summed E-state index contributed by atoms with van der Waals surface area (Å²) in [6.45, 7) is 1.39. The van der Waals surface area contributed by atoms with Crippen LogP contribution in [0.25, 0.3) is 0 Å². The number of benzene rings is 1. The van der Waals surface area contributed by atoms with Crippen molar-refractivity contribution in [1.82, 2.24) is 4.90 Å². The highest BCUT2D eigenvalue weighted by Gasteiger charge is 2.47. The molecule has 1 aromatic carbocycles. The van der Waals surface area contributed by atoms with Gasteiger partial charge in [0.2, 0.25) is 11.8 Å². The maximum Gasteiger partial charge on any atom is 0.308 e. The van der Waals surface area contributed by atoms with Crippen LogP contribution in [-0.4, -0.2) is 41.2 Å². The van der Waals surface area contributed by atoms with Gasteiger partial charge in [0.25, 0.3) is 5.91 Å².